The molecule has 2 fully saturated rings. The first-order chi connectivity index (χ1) is 15.5. The number of likely N-dealkylation sites (tertiary alicyclic amines) is 1. The number of halogens is 1. The first-order valence-corrected chi connectivity index (χ1v) is 11.1. The van der Waals surface area contributed by atoms with Crippen molar-refractivity contribution in [3.63, 3.8) is 0 Å². The standard InChI is InChI=1S/C24H26FN5O2/c1-26-23(31)18-13-19(14-3-4-14)27-22-20(18)21(28-29(22)2)15-9-11-30(12-10-15)24(32)16-5-7-17(25)8-6-16/h5-8,13-15H,3-4,9-12H2,1-2H3,(H,26,31). The summed E-state index contributed by atoms with van der Waals surface area (Å²) in [5.74, 6) is -0.00364. The third kappa shape index (κ3) is 3.63. The molecule has 2 amide bonds. The van der Waals surface area contributed by atoms with E-state index in [-0.39, 0.29) is 23.5 Å². The van der Waals surface area contributed by atoms with Crippen molar-refractivity contribution in [3.8, 4) is 0 Å². The summed E-state index contributed by atoms with van der Waals surface area (Å²) in [6, 6.07) is 7.59. The van der Waals surface area contributed by atoms with Crippen LogP contribution in [0.2, 0.25) is 0 Å². The van der Waals surface area contributed by atoms with Crippen LogP contribution < -0.4 is 5.32 Å². The van der Waals surface area contributed by atoms with E-state index in [0.717, 1.165) is 48.1 Å². The number of amides is 2. The number of nitrogens with zero attached hydrogens (tertiary/aromatic N) is 4. The lowest BCUT2D eigenvalue weighted by Crippen LogP contribution is -2.38. The maximum atomic E-state index is 13.2. The van der Waals surface area contributed by atoms with E-state index in [4.69, 9.17) is 10.1 Å². The van der Waals surface area contributed by atoms with Gasteiger partial charge in [-0.25, -0.2) is 9.37 Å². The molecule has 0 bridgehead atoms. The van der Waals surface area contributed by atoms with Gasteiger partial charge in [0, 0.05) is 50.3 Å². The Labute approximate surface area is 185 Å². The van der Waals surface area contributed by atoms with Gasteiger partial charge in [-0.15, -0.1) is 0 Å². The molecule has 1 saturated heterocycles. The number of piperidine rings is 1. The molecule has 5 rings (SSSR count). The maximum Gasteiger partial charge on any atom is 0.253 e. The molecule has 8 heteroatoms. The van der Waals surface area contributed by atoms with Gasteiger partial charge in [-0.1, -0.05) is 0 Å². The minimum absolute atomic E-state index is 0.0869. The van der Waals surface area contributed by atoms with Gasteiger partial charge in [-0.05, 0) is 56.0 Å². The van der Waals surface area contributed by atoms with E-state index >= 15 is 0 Å². The summed E-state index contributed by atoms with van der Waals surface area (Å²) in [4.78, 5) is 32.2. The van der Waals surface area contributed by atoms with Gasteiger partial charge in [0.15, 0.2) is 5.65 Å². The normalized spacial score (nSPS) is 17.0. The van der Waals surface area contributed by atoms with Crippen LogP contribution in [0.3, 0.4) is 0 Å². The van der Waals surface area contributed by atoms with E-state index in [1.54, 1.807) is 16.6 Å². The number of pyridine rings is 1. The molecule has 1 saturated carbocycles. The highest BCUT2D eigenvalue weighted by atomic mass is 19.1. The molecule has 1 aromatic carbocycles. The lowest BCUT2D eigenvalue weighted by Gasteiger charge is -2.31. The fourth-order valence-electron chi connectivity index (χ4n) is 4.62. The van der Waals surface area contributed by atoms with Crippen molar-refractivity contribution in [3.05, 3.63) is 58.7 Å². The van der Waals surface area contributed by atoms with Gasteiger partial charge in [-0.2, -0.15) is 5.10 Å². The van der Waals surface area contributed by atoms with Crippen LogP contribution in [0, 0.1) is 5.82 Å². The number of aromatic nitrogens is 3. The van der Waals surface area contributed by atoms with Crippen molar-refractivity contribution in [2.24, 2.45) is 7.05 Å². The number of benzene rings is 1. The Balaban J connectivity index is 1.42. The van der Waals surface area contributed by atoms with Crippen LogP contribution in [-0.2, 0) is 7.05 Å². The van der Waals surface area contributed by atoms with Crippen LogP contribution in [0.5, 0.6) is 0 Å². The summed E-state index contributed by atoms with van der Waals surface area (Å²) in [5, 5.41) is 8.36. The molecule has 7 nitrogen and oxygen atoms in total. The van der Waals surface area contributed by atoms with E-state index in [1.807, 2.05) is 13.1 Å². The zero-order valence-corrected chi connectivity index (χ0v) is 18.3. The summed E-state index contributed by atoms with van der Waals surface area (Å²) in [7, 11) is 3.51. The van der Waals surface area contributed by atoms with Gasteiger partial charge in [0.2, 0.25) is 0 Å². The van der Waals surface area contributed by atoms with Crippen molar-refractivity contribution in [2.75, 3.05) is 20.1 Å². The monoisotopic (exact) mass is 435 g/mol. The molecule has 2 aliphatic rings. The van der Waals surface area contributed by atoms with Crippen molar-refractivity contribution in [2.45, 2.75) is 37.5 Å². The summed E-state index contributed by atoms with van der Waals surface area (Å²) in [5.41, 5.74) is 3.71. The molecule has 166 valence electrons. The minimum Gasteiger partial charge on any atom is -0.355 e. The fraction of sp³-hybridized carbons (Fsp3) is 0.417. The van der Waals surface area contributed by atoms with E-state index in [2.05, 4.69) is 5.32 Å². The van der Waals surface area contributed by atoms with Gasteiger partial charge in [0.05, 0.1) is 16.6 Å². The molecular formula is C24H26FN5O2. The predicted molar refractivity (Wildman–Crippen MR) is 118 cm³/mol. The van der Waals surface area contributed by atoms with Crippen molar-refractivity contribution in [1.82, 2.24) is 25.0 Å². The number of nitrogens with one attached hydrogen (secondary N) is 1. The second-order valence-electron chi connectivity index (χ2n) is 8.73. The maximum absolute atomic E-state index is 13.2. The molecule has 3 heterocycles. The van der Waals surface area contributed by atoms with Crippen LogP contribution in [0.25, 0.3) is 11.0 Å². The topological polar surface area (TPSA) is 80.1 Å². The number of rotatable bonds is 4. The van der Waals surface area contributed by atoms with Gasteiger partial charge >= 0.3 is 0 Å². The zero-order valence-electron chi connectivity index (χ0n) is 18.3. The fourth-order valence-corrected chi connectivity index (χ4v) is 4.62. The lowest BCUT2D eigenvalue weighted by molar-refractivity contribution is 0.0712. The molecule has 0 atom stereocenters. The minimum atomic E-state index is -0.354. The first kappa shape index (κ1) is 20.6. The van der Waals surface area contributed by atoms with E-state index in [9.17, 15) is 14.0 Å². The highest BCUT2D eigenvalue weighted by Crippen LogP contribution is 2.41. The average molecular weight is 436 g/mol. The molecule has 1 N–H and O–H groups in total. The molecule has 1 aliphatic carbocycles. The van der Waals surface area contributed by atoms with Crippen molar-refractivity contribution < 1.29 is 14.0 Å². The zero-order chi connectivity index (χ0) is 22.4. The highest BCUT2D eigenvalue weighted by molar-refractivity contribution is 6.06. The molecule has 2 aromatic heterocycles. The second-order valence-corrected chi connectivity index (χ2v) is 8.73. The van der Waals surface area contributed by atoms with Crippen LogP contribution >= 0.6 is 0 Å². The predicted octanol–water partition coefficient (Wildman–Crippen LogP) is 3.36. The van der Waals surface area contributed by atoms with Crippen LogP contribution in [0.15, 0.2) is 30.3 Å². The first-order valence-electron chi connectivity index (χ1n) is 11.1. The highest BCUT2D eigenvalue weighted by Gasteiger charge is 2.32. The quantitative estimate of drug-likeness (QED) is 0.682. The summed E-state index contributed by atoms with van der Waals surface area (Å²) < 4.78 is 15.0. The van der Waals surface area contributed by atoms with Crippen molar-refractivity contribution >= 4 is 22.8 Å². The molecule has 0 radical (unpaired) electrons. The Bertz CT molecular complexity index is 1190. The average Bonchev–Trinajstić information content (AvgIpc) is 3.62. The van der Waals surface area contributed by atoms with Gasteiger partial charge in [0.25, 0.3) is 11.8 Å². The molecule has 0 unspecified atom stereocenters. The third-order valence-electron chi connectivity index (χ3n) is 6.57. The number of aryl methyl sites for hydroxylation is 1. The Morgan fingerprint density at radius 1 is 1.06 bits per heavy atom. The molecular weight excluding hydrogens is 409 g/mol. The number of carbonyl (C=O) groups excluding carboxylic acids is 2. The molecule has 3 aromatic rings. The Hall–Kier alpha value is -3.29. The van der Waals surface area contributed by atoms with E-state index in [0.29, 0.717) is 30.1 Å². The second kappa shape index (κ2) is 8.00. The third-order valence-corrected chi connectivity index (χ3v) is 6.57. The van der Waals surface area contributed by atoms with Gasteiger partial charge in [-0.3, -0.25) is 14.3 Å². The van der Waals surface area contributed by atoms with Crippen molar-refractivity contribution in [1.29, 1.82) is 0 Å². The molecule has 0 spiro atoms. The van der Waals surface area contributed by atoms with Crippen LogP contribution in [-0.4, -0.2) is 51.6 Å². The Morgan fingerprint density at radius 2 is 1.75 bits per heavy atom. The Kier molecular flexibility index (Phi) is 5.15. The number of hydrogen-bond donors (Lipinski definition) is 1. The smallest absolute Gasteiger partial charge is 0.253 e. The van der Waals surface area contributed by atoms with Gasteiger partial charge in [0.1, 0.15) is 5.82 Å². The lowest BCUT2D eigenvalue weighted by atomic mass is 9.90. The summed E-state index contributed by atoms with van der Waals surface area (Å²) in [6.07, 6.45) is 3.71. The summed E-state index contributed by atoms with van der Waals surface area (Å²) in [6.45, 7) is 1.17. The number of fused-ring (bicyclic) bond motifs is 1. The molecule has 1 aliphatic heterocycles. The Morgan fingerprint density at radius 3 is 2.38 bits per heavy atom. The van der Waals surface area contributed by atoms with E-state index < -0.39 is 0 Å². The number of hydrogen-bond acceptors (Lipinski definition) is 4. The SMILES string of the molecule is CNC(=O)c1cc(C2CC2)nc2c1c(C1CCN(C(=O)c3ccc(F)cc3)CC1)nn2C. The number of carbonyl (C=O) groups is 2. The van der Waals surface area contributed by atoms with Crippen LogP contribution in [0.4, 0.5) is 4.39 Å². The molecule has 32 heavy (non-hydrogen) atoms. The van der Waals surface area contributed by atoms with Crippen LogP contribution in [0.1, 0.15) is 69.6 Å². The summed E-state index contributed by atoms with van der Waals surface area (Å²) >= 11 is 0. The van der Waals surface area contributed by atoms with E-state index in [1.165, 1.54) is 24.3 Å². The van der Waals surface area contributed by atoms with Gasteiger partial charge < -0.3 is 10.2 Å². The largest absolute Gasteiger partial charge is 0.355 e.